The molecule has 2 N–H and O–H groups in total. The third-order valence-electron chi connectivity index (χ3n) is 11.9. The number of benzene rings is 8. The number of aliphatic hydroxyl groups is 2. The zero-order valence-electron chi connectivity index (χ0n) is 32.0. The summed E-state index contributed by atoms with van der Waals surface area (Å²) in [4.78, 5) is 0. The summed E-state index contributed by atoms with van der Waals surface area (Å²) in [7, 11) is 0. The molecule has 0 radical (unpaired) electrons. The zero-order chi connectivity index (χ0) is 39.5. The summed E-state index contributed by atoms with van der Waals surface area (Å²) in [6.07, 6.45) is 0. The van der Waals surface area contributed by atoms with Gasteiger partial charge in [-0.05, 0) is 125 Å². The van der Waals surface area contributed by atoms with Crippen LogP contribution in [0.1, 0.15) is 22.3 Å². The predicted molar refractivity (Wildman–Crippen MR) is 246 cm³/mol. The van der Waals surface area contributed by atoms with E-state index in [1.807, 2.05) is 12.1 Å². The van der Waals surface area contributed by atoms with E-state index >= 15 is 0 Å². The van der Waals surface area contributed by atoms with Crippen molar-refractivity contribution >= 4 is 64.4 Å². The van der Waals surface area contributed by atoms with Gasteiger partial charge < -0.3 is 19.7 Å². The molecule has 286 valence electrons. The smallest absolute Gasteiger partial charge is 0.120 e. The van der Waals surface area contributed by atoms with Gasteiger partial charge in [0.2, 0.25) is 0 Å². The molecule has 1 aliphatic rings. The van der Waals surface area contributed by atoms with Crippen molar-refractivity contribution < 1.29 is 19.7 Å². The van der Waals surface area contributed by atoms with Crippen LogP contribution in [0, 0.1) is 0 Å². The maximum atomic E-state index is 9.43. The van der Waals surface area contributed by atoms with Crippen molar-refractivity contribution in [2.75, 3.05) is 26.4 Å². The second-order valence-corrected chi connectivity index (χ2v) is 16.9. The van der Waals surface area contributed by atoms with E-state index in [0.29, 0.717) is 0 Å². The fourth-order valence-corrected chi connectivity index (χ4v) is 11.4. The summed E-state index contributed by atoms with van der Waals surface area (Å²) in [5.74, 6) is 1.48. The van der Waals surface area contributed by atoms with Crippen molar-refractivity contribution in [1.82, 2.24) is 0 Å². The minimum absolute atomic E-state index is 0.0343. The van der Waals surface area contributed by atoms with Gasteiger partial charge in [0.1, 0.15) is 24.7 Å². The van der Waals surface area contributed by atoms with Crippen LogP contribution in [0.3, 0.4) is 0 Å². The molecule has 2 aromatic heterocycles. The van der Waals surface area contributed by atoms with Crippen LogP contribution in [0.25, 0.3) is 75.1 Å². The topological polar surface area (TPSA) is 58.9 Å². The molecule has 0 bridgehead atoms. The Hall–Kier alpha value is -6.28. The number of hydrogen-bond donors (Lipinski definition) is 2. The van der Waals surface area contributed by atoms with Gasteiger partial charge in [-0.15, -0.1) is 22.7 Å². The fourth-order valence-electron chi connectivity index (χ4n) is 9.44. The summed E-state index contributed by atoms with van der Waals surface area (Å²) in [5.41, 5.74) is 11.6. The summed E-state index contributed by atoms with van der Waals surface area (Å²) in [6, 6.07) is 57.5. The summed E-state index contributed by atoms with van der Waals surface area (Å²) in [5, 5.41) is 30.4. The van der Waals surface area contributed by atoms with Crippen molar-refractivity contribution in [3.05, 3.63) is 191 Å². The highest BCUT2D eigenvalue weighted by molar-refractivity contribution is 7.18. The van der Waals surface area contributed by atoms with Gasteiger partial charge >= 0.3 is 0 Å². The average molecular weight is 803 g/mol. The molecule has 6 heteroatoms. The van der Waals surface area contributed by atoms with E-state index < -0.39 is 5.41 Å². The zero-order valence-corrected chi connectivity index (χ0v) is 33.7. The van der Waals surface area contributed by atoms with E-state index in [1.54, 1.807) is 22.7 Å². The Morgan fingerprint density at radius 1 is 0.424 bits per heavy atom. The Labute approximate surface area is 349 Å². The molecule has 0 spiro atoms. The van der Waals surface area contributed by atoms with Crippen LogP contribution in [-0.4, -0.2) is 36.6 Å². The van der Waals surface area contributed by atoms with Crippen molar-refractivity contribution in [1.29, 1.82) is 0 Å². The van der Waals surface area contributed by atoms with Gasteiger partial charge in [-0.25, -0.2) is 0 Å². The van der Waals surface area contributed by atoms with E-state index in [0.717, 1.165) is 33.0 Å². The molecule has 0 unspecified atom stereocenters. The maximum Gasteiger partial charge on any atom is 0.120 e. The number of aliphatic hydroxyl groups excluding tert-OH is 2. The van der Waals surface area contributed by atoms with Crippen LogP contribution in [0.2, 0.25) is 0 Å². The molecule has 0 saturated carbocycles. The van der Waals surface area contributed by atoms with E-state index in [2.05, 4.69) is 156 Å². The molecule has 0 atom stereocenters. The number of thiophene rings is 2. The molecule has 8 aromatic carbocycles. The fraction of sp³-hybridized carbons (Fsp3) is 0.0943. The third-order valence-corrected chi connectivity index (χ3v) is 13.9. The Kier molecular flexibility index (Phi) is 8.82. The van der Waals surface area contributed by atoms with Crippen molar-refractivity contribution in [2.24, 2.45) is 0 Å². The lowest BCUT2D eigenvalue weighted by molar-refractivity contribution is 0.201. The SMILES string of the molecule is OCCOc1ccc2cc(C3(c4ccc5cc(OCCO)ccc5c4)c4cccc(-c5csc6ccccc56)c4-c4c(-c5csc6ccccc56)cccc43)ccc2c1. The molecule has 0 aliphatic heterocycles. The van der Waals surface area contributed by atoms with Crippen LogP contribution in [-0.2, 0) is 5.41 Å². The van der Waals surface area contributed by atoms with E-state index in [-0.39, 0.29) is 26.4 Å². The second kappa shape index (κ2) is 14.5. The number of hydrogen-bond acceptors (Lipinski definition) is 6. The molecule has 59 heavy (non-hydrogen) atoms. The van der Waals surface area contributed by atoms with Crippen molar-refractivity contribution in [3.8, 4) is 44.9 Å². The number of rotatable bonds is 10. The van der Waals surface area contributed by atoms with Crippen LogP contribution < -0.4 is 9.47 Å². The predicted octanol–water partition coefficient (Wildman–Crippen LogP) is 12.9. The molecular formula is C53H38O4S2. The summed E-state index contributed by atoms with van der Waals surface area (Å²) >= 11 is 3.60. The lowest BCUT2D eigenvalue weighted by Gasteiger charge is -2.34. The normalized spacial score (nSPS) is 13.0. The monoisotopic (exact) mass is 802 g/mol. The number of fused-ring (bicyclic) bond motifs is 7. The van der Waals surface area contributed by atoms with Gasteiger partial charge in [-0.1, -0.05) is 109 Å². The van der Waals surface area contributed by atoms with Crippen molar-refractivity contribution in [3.63, 3.8) is 0 Å². The molecule has 0 amide bonds. The first kappa shape index (κ1) is 35.8. The first-order chi connectivity index (χ1) is 29.1. The highest BCUT2D eigenvalue weighted by atomic mass is 32.1. The van der Waals surface area contributed by atoms with Crippen LogP contribution in [0.5, 0.6) is 11.5 Å². The minimum atomic E-state index is -0.700. The van der Waals surface area contributed by atoms with Gasteiger partial charge in [0, 0.05) is 31.3 Å². The number of ether oxygens (including phenoxy) is 2. The molecule has 0 saturated heterocycles. The van der Waals surface area contributed by atoms with Gasteiger partial charge in [-0.3, -0.25) is 0 Å². The summed E-state index contributed by atoms with van der Waals surface area (Å²) < 4.78 is 14.2. The Morgan fingerprint density at radius 3 is 1.34 bits per heavy atom. The van der Waals surface area contributed by atoms with Gasteiger partial charge in [0.15, 0.2) is 0 Å². The first-order valence-electron chi connectivity index (χ1n) is 19.9. The van der Waals surface area contributed by atoms with Crippen LogP contribution in [0.15, 0.2) is 168 Å². The highest BCUT2D eigenvalue weighted by Gasteiger charge is 2.48. The molecule has 1 aliphatic carbocycles. The largest absolute Gasteiger partial charge is 0.491 e. The average Bonchev–Trinajstić information content (AvgIpc) is 4.00. The van der Waals surface area contributed by atoms with Crippen molar-refractivity contribution in [2.45, 2.75) is 5.41 Å². The molecule has 10 aromatic rings. The third kappa shape index (κ3) is 5.70. The van der Waals surface area contributed by atoms with E-state index in [9.17, 15) is 10.2 Å². The van der Waals surface area contributed by atoms with E-state index in [4.69, 9.17) is 9.47 Å². The molecule has 0 fully saturated rings. The Balaban J connectivity index is 1.25. The molecular weight excluding hydrogens is 765 g/mol. The second-order valence-electron chi connectivity index (χ2n) is 15.1. The molecule has 4 nitrogen and oxygen atoms in total. The molecule has 2 heterocycles. The van der Waals surface area contributed by atoms with E-state index in [1.165, 1.54) is 75.8 Å². The Morgan fingerprint density at radius 2 is 0.864 bits per heavy atom. The minimum Gasteiger partial charge on any atom is -0.491 e. The lowest BCUT2D eigenvalue weighted by Crippen LogP contribution is -2.28. The first-order valence-corrected chi connectivity index (χ1v) is 21.7. The van der Waals surface area contributed by atoms with Gasteiger partial charge in [0.25, 0.3) is 0 Å². The highest BCUT2D eigenvalue weighted by Crippen LogP contribution is 2.61. The lowest BCUT2D eigenvalue weighted by atomic mass is 9.67. The summed E-state index contributed by atoms with van der Waals surface area (Å²) in [6.45, 7) is 0.433. The quantitative estimate of drug-likeness (QED) is 0.145. The van der Waals surface area contributed by atoms with Crippen LogP contribution in [0.4, 0.5) is 0 Å². The van der Waals surface area contributed by atoms with Gasteiger partial charge in [0.05, 0.1) is 18.6 Å². The van der Waals surface area contributed by atoms with Gasteiger partial charge in [-0.2, -0.15) is 0 Å². The van der Waals surface area contributed by atoms with Crippen LogP contribution >= 0.6 is 22.7 Å². The molecule has 11 rings (SSSR count). The maximum absolute atomic E-state index is 9.43. The Bertz CT molecular complexity index is 3010. The standard InChI is InChI=1S/C53H38O4S2/c54-23-25-56-39-21-17-33-27-37(19-15-35(33)29-39)53(38-20-16-36-30-40(57-26-24-55)22-18-34(36)28-38)47-11-5-9-43(45-31-58-49-13-3-1-7-41(45)49)51(47)52-44(10-6-12-48(52)53)46-32-59-50-14-4-2-8-42(46)50/h1-22,27-32,54-55H,23-26H2.